The summed E-state index contributed by atoms with van der Waals surface area (Å²) < 4.78 is 0. The maximum Gasteiger partial charge on any atom is 0.243 e. The Labute approximate surface area is 122 Å². The number of carbonyl (C=O) groups excluding carboxylic acids is 1. The molecule has 2 aliphatic heterocycles. The summed E-state index contributed by atoms with van der Waals surface area (Å²) in [6.07, 6.45) is 1.00. The fourth-order valence-corrected chi connectivity index (χ4v) is 3.73. The molecule has 7 heteroatoms. The number of nitrogens with one attached hydrogen (secondary N) is 2. The first-order valence-corrected chi connectivity index (χ1v) is 7.90. The molecule has 1 amide bonds. The smallest absolute Gasteiger partial charge is 0.243 e. The number of anilines is 1. The van der Waals surface area contributed by atoms with E-state index in [1.165, 1.54) is 4.88 Å². The molecule has 0 spiro atoms. The summed E-state index contributed by atoms with van der Waals surface area (Å²) in [6, 6.07) is -0.307. The topological polar surface area (TPSA) is 77.5 Å². The Morgan fingerprint density at radius 1 is 1.65 bits per heavy atom. The van der Waals surface area contributed by atoms with Crippen LogP contribution < -0.4 is 10.6 Å². The van der Waals surface area contributed by atoms with Crippen molar-refractivity contribution in [1.29, 1.82) is 0 Å². The van der Waals surface area contributed by atoms with Gasteiger partial charge in [-0.25, -0.2) is 4.98 Å². The predicted octanol–water partition coefficient (Wildman–Crippen LogP) is 0.182. The van der Waals surface area contributed by atoms with Gasteiger partial charge in [-0.05, 0) is 13.0 Å². The van der Waals surface area contributed by atoms with Crippen LogP contribution in [0.15, 0.2) is 0 Å². The monoisotopic (exact) mass is 296 g/mol. The lowest BCUT2D eigenvalue weighted by Crippen LogP contribution is -2.35. The largest absolute Gasteiger partial charge is 0.392 e. The highest BCUT2D eigenvalue weighted by Gasteiger charge is 2.29. The molecule has 2 unspecified atom stereocenters. The van der Waals surface area contributed by atoms with Crippen molar-refractivity contribution in [2.24, 2.45) is 0 Å². The molecule has 3 rings (SSSR count). The third-order valence-electron chi connectivity index (χ3n) is 3.91. The van der Waals surface area contributed by atoms with E-state index >= 15 is 0 Å². The highest BCUT2D eigenvalue weighted by atomic mass is 32.1. The van der Waals surface area contributed by atoms with Gasteiger partial charge in [-0.3, -0.25) is 9.69 Å². The van der Waals surface area contributed by atoms with Gasteiger partial charge in [0.25, 0.3) is 0 Å². The van der Waals surface area contributed by atoms with E-state index in [9.17, 15) is 9.90 Å². The second-order valence-electron chi connectivity index (χ2n) is 5.35. The number of thiazole rings is 1. The Morgan fingerprint density at radius 3 is 3.20 bits per heavy atom. The molecule has 0 aliphatic carbocycles. The van der Waals surface area contributed by atoms with E-state index in [0.717, 1.165) is 31.7 Å². The number of aromatic nitrogens is 1. The molecule has 0 bridgehead atoms. The Kier molecular flexibility index (Phi) is 4.02. The molecule has 0 aromatic carbocycles. The Bertz CT molecular complexity index is 505. The van der Waals surface area contributed by atoms with Gasteiger partial charge in [0.15, 0.2) is 5.13 Å². The maximum atomic E-state index is 12.1. The van der Waals surface area contributed by atoms with Gasteiger partial charge in [0.05, 0.1) is 17.8 Å². The molecule has 3 heterocycles. The normalized spacial score (nSPS) is 26.5. The average Bonchev–Trinajstić information content (AvgIpc) is 3.03. The number of aliphatic hydroxyl groups is 1. The van der Waals surface area contributed by atoms with Crippen LogP contribution in [0.4, 0.5) is 5.13 Å². The number of β-amino-alcohol motifs (C(OH)–C–C–N with tert-alkyl or cyclic N) is 1. The Balaban J connectivity index is 1.64. The summed E-state index contributed by atoms with van der Waals surface area (Å²) in [6.45, 7) is 5.66. The third kappa shape index (κ3) is 2.85. The lowest BCUT2D eigenvalue weighted by Gasteiger charge is -2.23. The van der Waals surface area contributed by atoms with Gasteiger partial charge in [-0.2, -0.15) is 0 Å². The van der Waals surface area contributed by atoms with Crippen molar-refractivity contribution in [2.45, 2.75) is 38.5 Å². The van der Waals surface area contributed by atoms with Gasteiger partial charge in [-0.1, -0.05) is 6.92 Å². The van der Waals surface area contributed by atoms with E-state index in [-0.39, 0.29) is 11.9 Å². The summed E-state index contributed by atoms with van der Waals surface area (Å²) in [5.74, 6) is -0.0972. The summed E-state index contributed by atoms with van der Waals surface area (Å²) >= 11 is 1.57. The molecule has 6 nitrogen and oxygen atoms in total. The molecule has 2 aliphatic rings. The molecule has 110 valence electrons. The predicted molar refractivity (Wildman–Crippen MR) is 77.8 cm³/mol. The molecular formula is C13H20N4O2S. The zero-order valence-electron chi connectivity index (χ0n) is 11.6. The number of hydrogen-bond donors (Lipinski definition) is 3. The summed E-state index contributed by atoms with van der Waals surface area (Å²) in [4.78, 5) is 20.2. The van der Waals surface area contributed by atoms with Crippen LogP contribution in [0.5, 0.6) is 0 Å². The van der Waals surface area contributed by atoms with Crippen molar-refractivity contribution in [3.63, 3.8) is 0 Å². The van der Waals surface area contributed by atoms with Gasteiger partial charge >= 0.3 is 0 Å². The molecular weight excluding hydrogens is 276 g/mol. The van der Waals surface area contributed by atoms with Crippen molar-refractivity contribution in [1.82, 2.24) is 15.2 Å². The number of nitrogens with zero attached hydrogens (tertiary/aromatic N) is 2. The number of carbonyl (C=O) groups is 1. The Hall–Kier alpha value is -1.02. The summed E-state index contributed by atoms with van der Waals surface area (Å²) in [7, 11) is 0. The maximum absolute atomic E-state index is 12.1. The molecule has 3 N–H and O–H groups in total. The highest BCUT2D eigenvalue weighted by molar-refractivity contribution is 7.15. The molecule has 1 aromatic heterocycles. The van der Waals surface area contributed by atoms with Crippen LogP contribution in [0.2, 0.25) is 0 Å². The second kappa shape index (κ2) is 5.77. The van der Waals surface area contributed by atoms with E-state index < -0.39 is 6.10 Å². The minimum absolute atomic E-state index is 0.0972. The fraction of sp³-hybridized carbons (Fsp3) is 0.692. The van der Waals surface area contributed by atoms with E-state index in [4.69, 9.17) is 0 Å². The van der Waals surface area contributed by atoms with Gasteiger partial charge in [0.2, 0.25) is 5.91 Å². The zero-order valence-corrected chi connectivity index (χ0v) is 12.4. The average molecular weight is 296 g/mol. The highest BCUT2D eigenvalue weighted by Crippen LogP contribution is 2.28. The Morgan fingerprint density at radius 2 is 2.50 bits per heavy atom. The number of rotatable bonds is 3. The molecule has 1 fully saturated rings. The van der Waals surface area contributed by atoms with E-state index in [2.05, 4.69) is 27.4 Å². The minimum Gasteiger partial charge on any atom is -0.392 e. The standard InChI is InChI=1S/C13H20N4O2S/c1-2-17-4-3-9-11(7-17)20-13(15-9)16-12(19)10-5-8(18)6-14-10/h8,10,14,18H,2-7H2,1H3,(H,15,16,19). The van der Waals surface area contributed by atoms with Gasteiger partial charge in [0, 0.05) is 30.9 Å². The van der Waals surface area contributed by atoms with Crippen LogP contribution in [-0.4, -0.2) is 52.7 Å². The van der Waals surface area contributed by atoms with Gasteiger partial charge < -0.3 is 15.7 Å². The lowest BCUT2D eigenvalue weighted by atomic mass is 10.2. The molecule has 1 aromatic rings. The van der Waals surface area contributed by atoms with E-state index in [1.54, 1.807) is 11.3 Å². The third-order valence-corrected chi connectivity index (χ3v) is 4.91. The first-order chi connectivity index (χ1) is 9.65. The summed E-state index contributed by atoms with van der Waals surface area (Å²) in [5, 5.41) is 16.0. The fourth-order valence-electron chi connectivity index (χ4n) is 2.68. The molecule has 1 saturated heterocycles. The molecule has 2 atom stereocenters. The van der Waals surface area contributed by atoms with Gasteiger partial charge in [-0.15, -0.1) is 11.3 Å². The lowest BCUT2D eigenvalue weighted by molar-refractivity contribution is -0.117. The first kappa shape index (κ1) is 13.9. The molecule has 20 heavy (non-hydrogen) atoms. The number of hydrogen-bond acceptors (Lipinski definition) is 6. The SMILES string of the molecule is CCN1CCc2nc(NC(=O)C3CC(O)CN3)sc2C1. The van der Waals surface area contributed by atoms with Crippen molar-refractivity contribution < 1.29 is 9.90 Å². The van der Waals surface area contributed by atoms with Crippen molar-refractivity contribution in [3.8, 4) is 0 Å². The number of likely N-dealkylation sites (N-methyl/N-ethyl adjacent to an activating group) is 1. The van der Waals surface area contributed by atoms with Crippen LogP contribution in [-0.2, 0) is 17.8 Å². The van der Waals surface area contributed by atoms with Crippen LogP contribution in [0, 0.1) is 0 Å². The number of aliphatic hydroxyl groups excluding tert-OH is 1. The van der Waals surface area contributed by atoms with Crippen LogP contribution >= 0.6 is 11.3 Å². The zero-order chi connectivity index (χ0) is 14.1. The van der Waals surface area contributed by atoms with Crippen LogP contribution in [0.3, 0.4) is 0 Å². The van der Waals surface area contributed by atoms with Crippen LogP contribution in [0.1, 0.15) is 23.9 Å². The summed E-state index contributed by atoms with van der Waals surface area (Å²) in [5.41, 5.74) is 1.12. The number of amides is 1. The van der Waals surface area contributed by atoms with Crippen LogP contribution in [0.25, 0.3) is 0 Å². The molecule has 0 saturated carbocycles. The van der Waals surface area contributed by atoms with Gasteiger partial charge in [0.1, 0.15) is 0 Å². The van der Waals surface area contributed by atoms with E-state index in [0.29, 0.717) is 18.1 Å². The quantitative estimate of drug-likeness (QED) is 0.742. The molecule has 0 radical (unpaired) electrons. The first-order valence-electron chi connectivity index (χ1n) is 7.09. The van der Waals surface area contributed by atoms with E-state index in [1.807, 2.05) is 0 Å². The number of fused-ring (bicyclic) bond motifs is 1. The van der Waals surface area contributed by atoms with Crippen molar-refractivity contribution in [3.05, 3.63) is 10.6 Å². The van der Waals surface area contributed by atoms with Crippen molar-refractivity contribution in [2.75, 3.05) is 25.0 Å². The van der Waals surface area contributed by atoms with Crippen molar-refractivity contribution >= 4 is 22.4 Å². The minimum atomic E-state index is -0.423. The second-order valence-corrected chi connectivity index (χ2v) is 6.43.